The molecule has 0 radical (unpaired) electrons. The Balaban J connectivity index is 2.55. The van der Waals surface area contributed by atoms with Crippen LogP contribution in [0.4, 0.5) is 0 Å². The van der Waals surface area contributed by atoms with Crippen LogP contribution in [0.15, 0.2) is 0 Å². The average Bonchev–Trinajstić information content (AvgIpc) is 2.26. The van der Waals surface area contributed by atoms with E-state index in [0.29, 0.717) is 19.6 Å². The number of piperazine rings is 1. The number of hydrogen-bond donors (Lipinski definition) is 0. The maximum atomic E-state index is 12.0. The van der Waals surface area contributed by atoms with Crippen molar-refractivity contribution in [3.8, 4) is 0 Å². The molecule has 5 nitrogen and oxygen atoms in total. The molecule has 0 spiro atoms. The molecule has 0 aromatic heterocycles. The zero-order valence-corrected chi connectivity index (χ0v) is 12.9. The third-order valence-electron chi connectivity index (χ3n) is 3.19. The fourth-order valence-corrected chi connectivity index (χ4v) is 1.92. The van der Waals surface area contributed by atoms with Crippen molar-refractivity contribution in [3.63, 3.8) is 0 Å². The van der Waals surface area contributed by atoms with Crippen molar-refractivity contribution in [2.24, 2.45) is 11.3 Å². The van der Waals surface area contributed by atoms with Gasteiger partial charge in [-0.15, -0.1) is 5.06 Å². The topological polar surface area (TPSA) is 49.9 Å². The highest BCUT2D eigenvalue weighted by Crippen LogP contribution is 2.19. The minimum absolute atomic E-state index is 0.00567. The fraction of sp³-hybridized carbons (Fsp3) is 0.857. The largest absolute Gasteiger partial charge is 0.367 e. The smallest absolute Gasteiger partial charge is 0.330 e. The molecule has 0 aliphatic carbocycles. The molecule has 1 fully saturated rings. The summed E-state index contributed by atoms with van der Waals surface area (Å²) in [5, 5.41) is 1.67. The highest BCUT2D eigenvalue weighted by Gasteiger charge is 2.32. The summed E-state index contributed by atoms with van der Waals surface area (Å²) >= 11 is 0. The summed E-state index contributed by atoms with van der Waals surface area (Å²) in [6, 6.07) is 0.0661. The quantitative estimate of drug-likeness (QED) is 0.766. The molecule has 0 aromatic rings. The Labute approximate surface area is 115 Å². The molecule has 19 heavy (non-hydrogen) atoms. The van der Waals surface area contributed by atoms with Crippen LogP contribution in [0.3, 0.4) is 0 Å². The highest BCUT2D eigenvalue weighted by atomic mass is 16.7. The van der Waals surface area contributed by atoms with E-state index in [9.17, 15) is 9.59 Å². The number of carbonyl (C=O) groups is 2. The zero-order chi connectivity index (χ0) is 14.8. The van der Waals surface area contributed by atoms with Gasteiger partial charge < -0.3 is 9.74 Å². The van der Waals surface area contributed by atoms with E-state index in [2.05, 4.69) is 0 Å². The first-order valence-electron chi connectivity index (χ1n) is 6.90. The molecule has 1 aliphatic rings. The molecule has 1 aliphatic heterocycles. The van der Waals surface area contributed by atoms with Crippen molar-refractivity contribution < 1.29 is 14.4 Å². The number of nitrogens with zero attached hydrogens (tertiary/aromatic N) is 2. The van der Waals surface area contributed by atoms with Crippen molar-refractivity contribution in [1.82, 2.24) is 9.96 Å². The summed E-state index contributed by atoms with van der Waals surface area (Å²) in [5.41, 5.74) is -0.506. The van der Waals surface area contributed by atoms with Crippen molar-refractivity contribution in [2.45, 2.75) is 47.6 Å². The molecule has 1 rings (SSSR count). The van der Waals surface area contributed by atoms with Gasteiger partial charge in [0, 0.05) is 18.5 Å². The van der Waals surface area contributed by atoms with Crippen LogP contribution in [-0.2, 0) is 14.4 Å². The Morgan fingerprint density at radius 1 is 1.21 bits per heavy atom. The van der Waals surface area contributed by atoms with Gasteiger partial charge in [-0.3, -0.25) is 4.79 Å². The highest BCUT2D eigenvalue weighted by molar-refractivity contribution is 5.78. The van der Waals surface area contributed by atoms with Crippen LogP contribution in [0.5, 0.6) is 0 Å². The Kier molecular flexibility index (Phi) is 4.96. The van der Waals surface area contributed by atoms with Gasteiger partial charge in [0.1, 0.15) is 0 Å². The van der Waals surface area contributed by atoms with Crippen LogP contribution in [0.2, 0.25) is 0 Å². The monoisotopic (exact) mass is 270 g/mol. The van der Waals surface area contributed by atoms with Gasteiger partial charge in [-0.25, -0.2) is 4.79 Å². The van der Waals surface area contributed by atoms with Crippen LogP contribution in [0, 0.1) is 11.3 Å². The Morgan fingerprint density at radius 2 is 1.79 bits per heavy atom. The van der Waals surface area contributed by atoms with Crippen LogP contribution < -0.4 is 0 Å². The van der Waals surface area contributed by atoms with E-state index in [4.69, 9.17) is 4.84 Å². The second-order valence-electron chi connectivity index (χ2n) is 6.55. The summed E-state index contributed by atoms with van der Waals surface area (Å²) in [7, 11) is 0. The van der Waals surface area contributed by atoms with Gasteiger partial charge in [-0.05, 0) is 27.7 Å². The summed E-state index contributed by atoms with van der Waals surface area (Å²) in [4.78, 5) is 31.1. The Bertz CT molecular complexity index is 347. The SMILES string of the molecule is CC(C)C(=O)N1CCN(OC(=O)C(C)(C)C)C[C@@H]1C. The minimum Gasteiger partial charge on any atom is -0.367 e. The van der Waals surface area contributed by atoms with E-state index in [0.717, 1.165) is 0 Å². The Hall–Kier alpha value is -1.10. The van der Waals surface area contributed by atoms with Gasteiger partial charge in [-0.2, -0.15) is 0 Å². The molecule has 0 unspecified atom stereocenters. The van der Waals surface area contributed by atoms with E-state index in [1.165, 1.54) is 0 Å². The standard InChI is InChI=1S/C14H26N2O3/c1-10(2)12(17)16-8-7-15(9-11(16)3)19-13(18)14(4,5)6/h10-11H,7-9H2,1-6H3/t11-/m0/s1. The van der Waals surface area contributed by atoms with Gasteiger partial charge in [0.2, 0.25) is 5.91 Å². The fourth-order valence-electron chi connectivity index (χ4n) is 1.92. The second-order valence-corrected chi connectivity index (χ2v) is 6.55. The average molecular weight is 270 g/mol. The predicted molar refractivity (Wildman–Crippen MR) is 73.1 cm³/mol. The van der Waals surface area contributed by atoms with E-state index < -0.39 is 5.41 Å². The van der Waals surface area contributed by atoms with Crippen LogP contribution in [0.1, 0.15) is 41.5 Å². The molecule has 1 saturated heterocycles. The maximum absolute atomic E-state index is 12.0. The van der Waals surface area contributed by atoms with Crippen molar-refractivity contribution in [1.29, 1.82) is 0 Å². The van der Waals surface area contributed by atoms with Gasteiger partial charge in [0.05, 0.1) is 18.5 Å². The summed E-state index contributed by atoms with van der Waals surface area (Å²) in [6.07, 6.45) is 0. The molecule has 1 heterocycles. The van der Waals surface area contributed by atoms with E-state index in [-0.39, 0.29) is 23.8 Å². The van der Waals surface area contributed by atoms with Crippen molar-refractivity contribution in [2.75, 3.05) is 19.6 Å². The van der Waals surface area contributed by atoms with Gasteiger partial charge >= 0.3 is 5.97 Å². The molecular formula is C14H26N2O3. The number of rotatable bonds is 2. The molecule has 0 N–H and O–H groups in total. The summed E-state index contributed by atoms with van der Waals surface area (Å²) in [5.74, 6) is -0.0660. The third kappa shape index (κ3) is 4.20. The van der Waals surface area contributed by atoms with Gasteiger partial charge in [-0.1, -0.05) is 13.8 Å². The van der Waals surface area contributed by atoms with Crippen LogP contribution in [-0.4, -0.2) is 47.5 Å². The normalized spacial score (nSPS) is 21.6. The van der Waals surface area contributed by atoms with E-state index in [1.807, 2.05) is 46.4 Å². The zero-order valence-electron chi connectivity index (χ0n) is 12.9. The lowest BCUT2D eigenvalue weighted by atomic mass is 9.98. The lowest BCUT2D eigenvalue weighted by Crippen LogP contribution is -2.55. The molecule has 1 amide bonds. The molecule has 0 aromatic carbocycles. The van der Waals surface area contributed by atoms with E-state index in [1.54, 1.807) is 5.06 Å². The van der Waals surface area contributed by atoms with Gasteiger partial charge in [0.15, 0.2) is 0 Å². The minimum atomic E-state index is -0.506. The first-order valence-corrected chi connectivity index (χ1v) is 6.90. The summed E-state index contributed by atoms with van der Waals surface area (Å²) < 4.78 is 0. The number of hydrogen-bond acceptors (Lipinski definition) is 4. The molecule has 1 atom stereocenters. The second kappa shape index (κ2) is 5.90. The number of carbonyl (C=O) groups excluding carboxylic acids is 2. The number of amides is 1. The lowest BCUT2D eigenvalue weighted by Gasteiger charge is -2.40. The number of hydroxylamine groups is 2. The molecular weight excluding hydrogens is 244 g/mol. The predicted octanol–water partition coefficient (Wildman–Crippen LogP) is 1.68. The van der Waals surface area contributed by atoms with Gasteiger partial charge in [0.25, 0.3) is 0 Å². The molecule has 5 heteroatoms. The lowest BCUT2D eigenvalue weighted by molar-refractivity contribution is -0.211. The Morgan fingerprint density at radius 3 is 2.21 bits per heavy atom. The third-order valence-corrected chi connectivity index (χ3v) is 3.19. The van der Waals surface area contributed by atoms with E-state index >= 15 is 0 Å². The van der Waals surface area contributed by atoms with Crippen LogP contribution in [0.25, 0.3) is 0 Å². The molecule has 0 bridgehead atoms. The maximum Gasteiger partial charge on any atom is 0.330 e. The summed E-state index contributed by atoms with van der Waals surface area (Å²) in [6.45, 7) is 13.0. The van der Waals surface area contributed by atoms with Crippen molar-refractivity contribution >= 4 is 11.9 Å². The first kappa shape index (κ1) is 16.0. The first-order chi connectivity index (χ1) is 8.62. The van der Waals surface area contributed by atoms with Crippen LogP contribution >= 0.6 is 0 Å². The molecule has 110 valence electrons. The van der Waals surface area contributed by atoms with Crippen molar-refractivity contribution in [3.05, 3.63) is 0 Å². The molecule has 0 saturated carbocycles.